The number of hydrogen-bond acceptors (Lipinski definition) is 5. The van der Waals surface area contributed by atoms with Gasteiger partial charge >= 0.3 is 0 Å². The SMILES string of the molecule is CCOc1cc(C(c2csc3ccccc23)N2CCCNCC2)ccc1OC. The normalized spacial score (nSPS) is 16.6. The van der Waals surface area contributed by atoms with Crippen molar-refractivity contribution in [3.05, 3.63) is 59.0 Å². The smallest absolute Gasteiger partial charge is 0.161 e. The first kappa shape index (κ1) is 19.2. The number of methoxy groups -OCH3 is 1. The summed E-state index contributed by atoms with van der Waals surface area (Å²) in [4.78, 5) is 2.60. The van der Waals surface area contributed by atoms with Crippen LogP contribution in [0.1, 0.15) is 30.5 Å². The fourth-order valence-electron chi connectivity index (χ4n) is 4.05. The molecule has 1 saturated heterocycles. The van der Waals surface area contributed by atoms with Crippen LogP contribution in [0, 0.1) is 0 Å². The molecule has 1 aromatic heterocycles. The Bertz CT molecular complexity index is 916. The summed E-state index contributed by atoms with van der Waals surface area (Å²) in [5.41, 5.74) is 2.64. The molecule has 0 aliphatic carbocycles. The zero-order valence-electron chi connectivity index (χ0n) is 16.6. The Labute approximate surface area is 171 Å². The van der Waals surface area contributed by atoms with Crippen LogP contribution < -0.4 is 14.8 Å². The van der Waals surface area contributed by atoms with Crippen LogP contribution in [0.25, 0.3) is 10.1 Å². The molecule has 1 N–H and O–H groups in total. The third-order valence-electron chi connectivity index (χ3n) is 5.35. The van der Waals surface area contributed by atoms with Crippen molar-refractivity contribution in [3.8, 4) is 11.5 Å². The van der Waals surface area contributed by atoms with Gasteiger partial charge in [-0.25, -0.2) is 0 Å². The predicted molar refractivity (Wildman–Crippen MR) is 117 cm³/mol. The van der Waals surface area contributed by atoms with Crippen molar-refractivity contribution in [3.63, 3.8) is 0 Å². The Morgan fingerprint density at radius 1 is 1.11 bits per heavy atom. The van der Waals surface area contributed by atoms with E-state index < -0.39 is 0 Å². The van der Waals surface area contributed by atoms with Gasteiger partial charge in [-0.2, -0.15) is 0 Å². The molecule has 0 amide bonds. The first-order valence-electron chi connectivity index (χ1n) is 10.0. The summed E-state index contributed by atoms with van der Waals surface area (Å²) in [5, 5.41) is 7.21. The summed E-state index contributed by atoms with van der Waals surface area (Å²) in [5.74, 6) is 1.61. The van der Waals surface area contributed by atoms with E-state index >= 15 is 0 Å². The Morgan fingerprint density at radius 3 is 2.86 bits per heavy atom. The van der Waals surface area contributed by atoms with Crippen LogP contribution in [0.3, 0.4) is 0 Å². The van der Waals surface area contributed by atoms with Crippen LogP contribution in [0.5, 0.6) is 11.5 Å². The van der Waals surface area contributed by atoms with E-state index in [9.17, 15) is 0 Å². The number of nitrogens with zero attached hydrogens (tertiary/aromatic N) is 1. The predicted octanol–water partition coefficient (Wildman–Crippen LogP) is 4.69. The van der Waals surface area contributed by atoms with E-state index in [2.05, 4.69) is 52.0 Å². The summed E-state index contributed by atoms with van der Waals surface area (Å²) in [6.07, 6.45) is 1.16. The summed E-state index contributed by atoms with van der Waals surface area (Å²) in [6.45, 7) is 6.85. The highest BCUT2D eigenvalue weighted by Crippen LogP contribution is 2.40. The van der Waals surface area contributed by atoms with E-state index in [0.29, 0.717) is 6.61 Å². The van der Waals surface area contributed by atoms with E-state index in [4.69, 9.17) is 9.47 Å². The van der Waals surface area contributed by atoms with E-state index in [0.717, 1.165) is 44.1 Å². The topological polar surface area (TPSA) is 33.7 Å². The number of hydrogen-bond donors (Lipinski definition) is 1. The van der Waals surface area contributed by atoms with Gasteiger partial charge in [0.2, 0.25) is 0 Å². The van der Waals surface area contributed by atoms with Gasteiger partial charge in [-0.15, -0.1) is 11.3 Å². The Balaban J connectivity index is 1.82. The fraction of sp³-hybridized carbons (Fsp3) is 0.391. The fourth-order valence-corrected chi connectivity index (χ4v) is 5.03. The van der Waals surface area contributed by atoms with Gasteiger partial charge < -0.3 is 14.8 Å². The molecule has 148 valence electrons. The van der Waals surface area contributed by atoms with Gasteiger partial charge in [0.1, 0.15) is 0 Å². The monoisotopic (exact) mass is 396 g/mol. The quantitative estimate of drug-likeness (QED) is 0.655. The van der Waals surface area contributed by atoms with Gasteiger partial charge in [-0.3, -0.25) is 4.90 Å². The molecule has 1 aliphatic rings. The lowest BCUT2D eigenvalue weighted by atomic mass is 9.95. The molecule has 0 saturated carbocycles. The van der Waals surface area contributed by atoms with Gasteiger partial charge in [-0.1, -0.05) is 24.3 Å². The lowest BCUT2D eigenvalue weighted by molar-refractivity contribution is 0.241. The molecular weight excluding hydrogens is 368 g/mol. The number of ether oxygens (including phenoxy) is 2. The number of benzene rings is 2. The molecule has 1 unspecified atom stereocenters. The molecule has 0 radical (unpaired) electrons. The largest absolute Gasteiger partial charge is 0.493 e. The molecular formula is C23H28N2O2S. The van der Waals surface area contributed by atoms with Crippen LogP contribution in [0.2, 0.25) is 0 Å². The standard InChI is InChI=1S/C23H28N2O2S/c1-3-27-21-15-17(9-10-20(21)26-2)23(25-13-6-11-24-12-14-25)19-16-28-22-8-5-4-7-18(19)22/h4-5,7-10,15-16,23-24H,3,6,11-14H2,1-2H3. The zero-order valence-corrected chi connectivity index (χ0v) is 17.4. The molecule has 0 bridgehead atoms. The summed E-state index contributed by atoms with van der Waals surface area (Å²) >= 11 is 1.83. The number of rotatable bonds is 6. The maximum absolute atomic E-state index is 5.88. The second-order valence-corrected chi connectivity index (χ2v) is 7.98. The molecule has 28 heavy (non-hydrogen) atoms. The molecule has 1 fully saturated rings. The van der Waals surface area contributed by atoms with E-state index in [1.54, 1.807) is 7.11 Å². The summed E-state index contributed by atoms with van der Waals surface area (Å²) in [6, 6.07) is 15.3. The van der Waals surface area contributed by atoms with E-state index in [1.165, 1.54) is 21.2 Å². The average Bonchev–Trinajstić information content (AvgIpc) is 2.95. The third-order valence-corrected chi connectivity index (χ3v) is 6.33. The maximum atomic E-state index is 5.88. The lowest BCUT2D eigenvalue weighted by Crippen LogP contribution is -2.33. The van der Waals surface area contributed by atoms with Crippen LogP contribution in [0.15, 0.2) is 47.8 Å². The van der Waals surface area contributed by atoms with E-state index in [-0.39, 0.29) is 6.04 Å². The molecule has 3 aromatic rings. The molecule has 2 heterocycles. The first-order valence-corrected chi connectivity index (χ1v) is 10.9. The van der Waals surface area contributed by atoms with Gasteiger partial charge in [0, 0.05) is 24.3 Å². The highest BCUT2D eigenvalue weighted by atomic mass is 32.1. The molecule has 1 atom stereocenters. The van der Waals surface area contributed by atoms with Crippen LogP contribution in [-0.4, -0.2) is 44.8 Å². The highest BCUT2D eigenvalue weighted by Gasteiger charge is 2.26. The molecule has 4 nitrogen and oxygen atoms in total. The van der Waals surface area contributed by atoms with Gasteiger partial charge in [0.25, 0.3) is 0 Å². The number of thiophene rings is 1. The van der Waals surface area contributed by atoms with Crippen molar-refractivity contribution in [1.29, 1.82) is 0 Å². The van der Waals surface area contributed by atoms with Crippen molar-refractivity contribution in [1.82, 2.24) is 10.2 Å². The Hall–Kier alpha value is -2.08. The van der Waals surface area contributed by atoms with Crippen molar-refractivity contribution in [2.24, 2.45) is 0 Å². The van der Waals surface area contributed by atoms with Gasteiger partial charge in [-0.05, 0) is 60.0 Å². The van der Waals surface area contributed by atoms with Crippen molar-refractivity contribution < 1.29 is 9.47 Å². The minimum absolute atomic E-state index is 0.209. The lowest BCUT2D eigenvalue weighted by Gasteiger charge is -2.31. The average molecular weight is 397 g/mol. The number of nitrogens with one attached hydrogen (secondary N) is 1. The van der Waals surface area contributed by atoms with E-state index in [1.807, 2.05) is 24.3 Å². The minimum Gasteiger partial charge on any atom is -0.493 e. The molecule has 1 aliphatic heterocycles. The molecule has 0 spiro atoms. The Kier molecular flexibility index (Phi) is 6.15. The second-order valence-electron chi connectivity index (χ2n) is 7.07. The Morgan fingerprint density at radius 2 is 2.00 bits per heavy atom. The zero-order chi connectivity index (χ0) is 19.3. The number of fused-ring (bicyclic) bond motifs is 1. The van der Waals surface area contributed by atoms with Crippen molar-refractivity contribution in [2.75, 3.05) is 39.9 Å². The highest BCUT2D eigenvalue weighted by molar-refractivity contribution is 7.17. The summed E-state index contributed by atoms with van der Waals surface area (Å²) < 4.78 is 12.7. The first-order chi connectivity index (χ1) is 13.8. The van der Waals surface area contributed by atoms with Crippen molar-refractivity contribution >= 4 is 21.4 Å². The van der Waals surface area contributed by atoms with Crippen LogP contribution in [-0.2, 0) is 0 Å². The maximum Gasteiger partial charge on any atom is 0.161 e. The minimum atomic E-state index is 0.209. The molecule has 5 heteroatoms. The van der Waals surface area contributed by atoms with Crippen LogP contribution in [0.4, 0.5) is 0 Å². The third kappa shape index (κ3) is 3.88. The van der Waals surface area contributed by atoms with Crippen LogP contribution >= 0.6 is 11.3 Å². The molecule has 2 aromatic carbocycles. The van der Waals surface area contributed by atoms with Gasteiger partial charge in [0.15, 0.2) is 11.5 Å². The second kappa shape index (κ2) is 8.95. The van der Waals surface area contributed by atoms with Gasteiger partial charge in [0.05, 0.1) is 19.8 Å². The van der Waals surface area contributed by atoms with Crippen molar-refractivity contribution in [2.45, 2.75) is 19.4 Å². The summed E-state index contributed by atoms with van der Waals surface area (Å²) in [7, 11) is 1.70. The molecule has 4 rings (SSSR count).